The number of halogens is 2. The molecule has 0 bridgehead atoms. The Balaban J connectivity index is 0.00000300. The first-order chi connectivity index (χ1) is 13.4. The van der Waals surface area contributed by atoms with E-state index in [0.29, 0.717) is 0 Å². The van der Waals surface area contributed by atoms with Crippen LogP contribution in [0.15, 0.2) is 66.9 Å². The summed E-state index contributed by atoms with van der Waals surface area (Å²) in [7, 11) is 0. The number of nitrogens with one attached hydrogen (secondary N) is 1. The average molecular weight is 623 g/mol. The van der Waals surface area contributed by atoms with Crippen molar-refractivity contribution in [3.63, 3.8) is 0 Å². The van der Waals surface area contributed by atoms with Gasteiger partial charge in [0.25, 0.3) is 0 Å². The largest absolute Gasteiger partial charge is 0.667 e. The molecule has 3 rings (SSSR count). The molecule has 0 saturated heterocycles. The summed E-state index contributed by atoms with van der Waals surface area (Å²) in [5, 5.41) is 0. The number of rotatable bonds is 6. The van der Waals surface area contributed by atoms with Gasteiger partial charge in [0.1, 0.15) is 0 Å². The Bertz CT molecular complexity index is 952. The molecule has 2 aromatic carbocycles. The number of carbonyl (C=O) groups is 1. The van der Waals surface area contributed by atoms with Crippen molar-refractivity contribution in [3.05, 3.63) is 94.8 Å². The second-order valence-electron chi connectivity index (χ2n) is 7.80. The first kappa shape index (κ1) is 29.5. The van der Waals surface area contributed by atoms with E-state index >= 15 is 0 Å². The number of hydrogen-bond donors (Lipinski definition) is 0. The van der Waals surface area contributed by atoms with Crippen molar-refractivity contribution >= 4 is 30.7 Å². The summed E-state index contributed by atoms with van der Waals surface area (Å²) in [5.74, 6) is -0.628. The van der Waals surface area contributed by atoms with Gasteiger partial charge >= 0.3 is 0 Å². The van der Waals surface area contributed by atoms with Crippen LogP contribution in [0.1, 0.15) is 67.7 Å². The number of amides is 1. The smallest absolute Gasteiger partial charge is 0.0702 e. The molecule has 6 heteroatoms. The van der Waals surface area contributed by atoms with Gasteiger partial charge in [-0.05, 0) is 52.3 Å². The Kier molecular flexibility index (Phi) is 12.5. The molecule has 31 heavy (non-hydrogen) atoms. The Morgan fingerprint density at radius 1 is 0.839 bits per heavy atom. The van der Waals surface area contributed by atoms with Crippen molar-refractivity contribution in [1.29, 1.82) is 0 Å². The van der Waals surface area contributed by atoms with Crippen LogP contribution in [-0.4, -0.2) is 10.9 Å². The first-order valence-corrected chi connectivity index (χ1v) is 9.79. The van der Waals surface area contributed by atoms with Gasteiger partial charge in [0, 0.05) is 37.6 Å². The fourth-order valence-electron chi connectivity index (χ4n) is 3.80. The van der Waals surface area contributed by atoms with Gasteiger partial charge in [0.2, 0.25) is 0 Å². The number of benzene rings is 2. The van der Waals surface area contributed by atoms with E-state index in [0.717, 1.165) is 33.5 Å². The maximum atomic E-state index is 12.6. The van der Waals surface area contributed by atoms with Gasteiger partial charge in [0.15, 0.2) is 0 Å². The number of hydrogen-bond acceptors (Lipinski definition) is 2. The summed E-state index contributed by atoms with van der Waals surface area (Å²) in [4.78, 5) is 17.0. The molecular formula is C25H29Cl2HfN2O-. The zero-order chi connectivity index (χ0) is 20.3. The van der Waals surface area contributed by atoms with E-state index in [2.05, 4.69) is 50.9 Å². The predicted octanol–water partition coefficient (Wildman–Crippen LogP) is 7.55. The molecule has 1 aromatic heterocycles. The molecule has 1 heterocycles. The molecule has 0 fully saturated rings. The number of aromatic nitrogens is 1. The molecule has 1 N–H and O–H groups in total. The summed E-state index contributed by atoms with van der Waals surface area (Å²) >= 11 is 0. The van der Waals surface area contributed by atoms with E-state index in [1.165, 1.54) is 0 Å². The van der Waals surface area contributed by atoms with E-state index in [4.69, 9.17) is 5.73 Å². The standard InChI is InChI=1S/C25H28N2O.2ClH.Hf/c1-16(2)20-11-8-12-21(17(3)4)24(20)23(25(26)28)19-10-7-9-18(15-19)22-13-5-6-14-27-22;;;/h5-17,23H,1-4H3,(H2,26,28);2*1H;/p-1. The third-order valence-electron chi connectivity index (χ3n) is 5.15. The normalized spacial score (nSPS) is 11.2. The molecule has 0 radical (unpaired) electrons. The molecule has 1 unspecified atom stereocenters. The first-order valence-electron chi connectivity index (χ1n) is 9.79. The van der Waals surface area contributed by atoms with Crippen molar-refractivity contribution in [1.82, 2.24) is 4.98 Å². The molecular weight excluding hydrogens is 594 g/mol. The number of pyridine rings is 1. The average Bonchev–Trinajstić information content (AvgIpc) is 2.68. The predicted molar refractivity (Wildman–Crippen MR) is 130 cm³/mol. The molecule has 0 aliphatic rings. The van der Waals surface area contributed by atoms with Crippen LogP contribution >= 0.6 is 24.8 Å². The van der Waals surface area contributed by atoms with Gasteiger partial charge in [0.05, 0.1) is 17.5 Å². The van der Waals surface area contributed by atoms with E-state index in [-0.39, 0.29) is 62.5 Å². The fourth-order valence-corrected chi connectivity index (χ4v) is 3.80. The summed E-state index contributed by atoms with van der Waals surface area (Å²) in [6.45, 7) is 8.55. The van der Waals surface area contributed by atoms with Crippen LogP contribution in [0.25, 0.3) is 17.0 Å². The monoisotopic (exact) mass is 623 g/mol. The van der Waals surface area contributed by atoms with Gasteiger partial charge in [-0.2, -0.15) is 0 Å². The summed E-state index contributed by atoms with van der Waals surface area (Å²) in [6.07, 6.45) is 1.76. The van der Waals surface area contributed by atoms with Crippen LogP contribution in [0.2, 0.25) is 0 Å². The Hall–Kier alpha value is -1.49. The van der Waals surface area contributed by atoms with Crippen LogP contribution in [-0.2, 0) is 30.6 Å². The second kappa shape index (κ2) is 13.1. The molecule has 0 aliphatic heterocycles. The van der Waals surface area contributed by atoms with E-state index in [9.17, 15) is 4.79 Å². The van der Waals surface area contributed by atoms with Crippen LogP contribution in [0.3, 0.4) is 0 Å². The zero-order valence-corrected chi connectivity index (χ0v) is 23.5. The maximum Gasteiger partial charge on any atom is 0.0702 e. The maximum absolute atomic E-state index is 12.6. The Morgan fingerprint density at radius 3 is 1.90 bits per heavy atom. The second-order valence-corrected chi connectivity index (χ2v) is 7.80. The van der Waals surface area contributed by atoms with E-state index in [1.807, 2.05) is 42.5 Å². The molecule has 3 aromatic rings. The van der Waals surface area contributed by atoms with Crippen molar-refractivity contribution in [2.75, 3.05) is 0 Å². The Labute approximate surface area is 216 Å². The van der Waals surface area contributed by atoms with Crippen LogP contribution in [0.4, 0.5) is 0 Å². The Morgan fingerprint density at radius 2 is 1.42 bits per heavy atom. The van der Waals surface area contributed by atoms with Gasteiger partial charge < -0.3 is 10.5 Å². The minimum Gasteiger partial charge on any atom is -0.667 e. The third-order valence-corrected chi connectivity index (χ3v) is 5.15. The molecule has 1 amide bonds. The fraction of sp³-hybridized carbons (Fsp3) is 0.280. The zero-order valence-electron chi connectivity index (χ0n) is 18.3. The van der Waals surface area contributed by atoms with Gasteiger partial charge in [-0.3, -0.25) is 4.98 Å². The SMILES string of the molecule is CC(C)c1cccc(C(C)C)c1C(C([NH-])=O)c1cccc(-c2ccccn2)c1.Cl.Cl.[Hf]. The van der Waals surface area contributed by atoms with Crippen LogP contribution in [0, 0.1) is 0 Å². The molecule has 1 atom stereocenters. The topological polar surface area (TPSA) is 53.8 Å². The van der Waals surface area contributed by atoms with Gasteiger partial charge in [-0.15, -0.1) is 24.8 Å². The third kappa shape index (κ3) is 6.74. The van der Waals surface area contributed by atoms with Crippen molar-refractivity contribution in [2.45, 2.75) is 45.4 Å². The molecule has 0 saturated carbocycles. The molecule has 3 nitrogen and oxygen atoms in total. The van der Waals surface area contributed by atoms with Crippen molar-refractivity contribution < 1.29 is 30.6 Å². The quantitative estimate of drug-likeness (QED) is 0.267. The van der Waals surface area contributed by atoms with Crippen molar-refractivity contribution in [2.24, 2.45) is 0 Å². The molecule has 0 aliphatic carbocycles. The van der Waals surface area contributed by atoms with Crippen molar-refractivity contribution in [3.8, 4) is 11.3 Å². The molecule has 0 spiro atoms. The minimum atomic E-state index is -0.598. The van der Waals surface area contributed by atoms with Gasteiger partial charge in [-0.1, -0.05) is 70.2 Å². The van der Waals surface area contributed by atoms with Crippen LogP contribution in [0.5, 0.6) is 0 Å². The summed E-state index contributed by atoms with van der Waals surface area (Å²) < 4.78 is 0. The minimum absolute atomic E-state index is 0. The summed E-state index contributed by atoms with van der Waals surface area (Å²) in [6, 6.07) is 19.9. The van der Waals surface area contributed by atoms with E-state index in [1.54, 1.807) is 6.20 Å². The van der Waals surface area contributed by atoms with E-state index < -0.39 is 11.8 Å². The van der Waals surface area contributed by atoms with Gasteiger partial charge in [-0.25, -0.2) is 0 Å². The number of nitrogens with zero attached hydrogens (tertiary/aromatic N) is 1. The van der Waals surface area contributed by atoms with Crippen LogP contribution < -0.4 is 0 Å². The molecule has 164 valence electrons. The number of carbonyl (C=O) groups excluding carboxylic acids is 1. The summed E-state index contributed by atoms with van der Waals surface area (Å²) in [5.41, 5.74) is 14.0.